The Hall–Kier alpha value is -3.15. The summed E-state index contributed by atoms with van der Waals surface area (Å²) in [6.45, 7) is 3.13. The maximum Gasteiger partial charge on any atom is 0.261 e. The summed E-state index contributed by atoms with van der Waals surface area (Å²) in [5.41, 5.74) is 1.64. The van der Waals surface area contributed by atoms with Crippen LogP contribution >= 0.6 is 0 Å². The number of aromatic nitrogens is 2. The Morgan fingerprint density at radius 1 is 1.14 bits per heavy atom. The first-order chi connectivity index (χ1) is 14.2. The molecule has 1 aliphatic heterocycles. The zero-order chi connectivity index (χ0) is 20.2. The third kappa shape index (κ3) is 4.01. The third-order valence-corrected chi connectivity index (χ3v) is 5.26. The number of aryl methyl sites for hydroxylation is 1. The number of rotatable bonds is 4. The second-order valence-electron chi connectivity index (χ2n) is 7.26. The van der Waals surface area contributed by atoms with E-state index in [0.29, 0.717) is 41.1 Å². The summed E-state index contributed by atoms with van der Waals surface area (Å²) in [5.74, 6) is 1.19. The molecule has 0 saturated heterocycles. The maximum absolute atomic E-state index is 12.9. The third-order valence-electron chi connectivity index (χ3n) is 5.26. The van der Waals surface area contributed by atoms with Crippen LogP contribution in [0.2, 0.25) is 0 Å². The van der Waals surface area contributed by atoms with Crippen LogP contribution in [0, 0.1) is 0 Å². The molecular formula is C23H25N3O3. The first-order valence-corrected chi connectivity index (χ1v) is 10.2. The predicted octanol–water partition coefficient (Wildman–Crippen LogP) is 4.16. The number of para-hydroxylation sites is 2. The van der Waals surface area contributed by atoms with E-state index in [2.05, 4.69) is 5.32 Å². The molecule has 1 aromatic heterocycles. The zero-order valence-corrected chi connectivity index (χ0v) is 16.6. The molecule has 2 heterocycles. The van der Waals surface area contributed by atoms with Crippen molar-refractivity contribution in [3.63, 3.8) is 0 Å². The first kappa shape index (κ1) is 19.2. The number of hydrogen-bond acceptors (Lipinski definition) is 4. The molecule has 0 unspecified atom stereocenters. The van der Waals surface area contributed by atoms with Crippen molar-refractivity contribution in [2.24, 2.45) is 0 Å². The predicted molar refractivity (Wildman–Crippen MR) is 114 cm³/mol. The summed E-state index contributed by atoms with van der Waals surface area (Å²) in [6.07, 6.45) is 5.14. The van der Waals surface area contributed by atoms with E-state index in [1.165, 1.54) is 0 Å². The number of amides is 1. The lowest BCUT2D eigenvalue weighted by atomic mass is 10.1. The molecule has 6 heteroatoms. The largest absolute Gasteiger partial charge is 0.492 e. The first-order valence-electron chi connectivity index (χ1n) is 10.2. The molecule has 150 valence electrons. The normalized spacial score (nSPS) is 14.0. The van der Waals surface area contributed by atoms with Crippen molar-refractivity contribution in [2.45, 2.75) is 45.6 Å². The van der Waals surface area contributed by atoms with E-state index >= 15 is 0 Å². The zero-order valence-electron chi connectivity index (χ0n) is 16.6. The van der Waals surface area contributed by atoms with Gasteiger partial charge in [-0.1, -0.05) is 25.0 Å². The van der Waals surface area contributed by atoms with Crippen LogP contribution in [0.15, 0.2) is 47.3 Å². The number of carbonyl (C=O) groups is 1. The van der Waals surface area contributed by atoms with Crippen LogP contribution in [0.4, 0.5) is 5.69 Å². The summed E-state index contributed by atoms with van der Waals surface area (Å²) in [7, 11) is 0. The molecule has 3 aromatic rings. The summed E-state index contributed by atoms with van der Waals surface area (Å²) in [5, 5.41) is 3.45. The van der Waals surface area contributed by atoms with Crippen molar-refractivity contribution in [3.8, 4) is 5.75 Å². The highest BCUT2D eigenvalue weighted by Crippen LogP contribution is 2.25. The summed E-state index contributed by atoms with van der Waals surface area (Å²) in [6, 6.07) is 12.4. The fraction of sp³-hybridized carbons (Fsp3) is 0.348. The van der Waals surface area contributed by atoms with Crippen molar-refractivity contribution in [1.82, 2.24) is 9.55 Å². The van der Waals surface area contributed by atoms with Crippen LogP contribution in [0.1, 0.15) is 48.8 Å². The number of hydrogen-bond donors (Lipinski definition) is 1. The molecule has 0 radical (unpaired) electrons. The van der Waals surface area contributed by atoms with E-state index in [9.17, 15) is 9.59 Å². The number of nitrogens with zero attached hydrogens (tertiary/aromatic N) is 2. The highest BCUT2D eigenvalue weighted by molar-refractivity contribution is 6.06. The second-order valence-corrected chi connectivity index (χ2v) is 7.26. The average Bonchev–Trinajstić information content (AvgIpc) is 2.71. The highest BCUT2D eigenvalue weighted by atomic mass is 16.5. The van der Waals surface area contributed by atoms with Crippen molar-refractivity contribution >= 4 is 22.5 Å². The number of benzene rings is 2. The molecule has 1 amide bonds. The second kappa shape index (κ2) is 8.47. The Morgan fingerprint density at radius 2 is 1.97 bits per heavy atom. The molecule has 0 fully saturated rings. The topological polar surface area (TPSA) is 73.2 Å². The quantitative estimate of drug-likeness (QED) is 0.725. The summed E-state index contributed by atoms with van der Waals surface area (Å²) < 4.78 is 7.38. The molecule has 1 aliphatic rings. The van der Waals surface area contributed by atoms with E-state index in [1.54, 1.807) is 28.8 Å². The van der Waals surface area contributed by atoms with Crippen molar-refractivity contribution < 1.29 is 9.53 Å². The lowest BCUT2D eigenvalue weighted by Gasteiger charge is -2.16. The Bertz CT molecular complexity index is 1100. The fourth-order valence-electron chi connectivity index (χ4n) is 3.78. The molecule has 29 heavy (non-hydrogen) atoms. The molecule has 0 bridgehead atoms. The van der Waals surface area contributed by atoms with Crippen molar-refractivity contribution in [3.05, 3.63) is 64.2 Å². The minimum Gasteiger partial charge on any atom is -0.492 e. The number of carbonyl (C=O) groups excluding carboxylic acids is 1. The van der Waals surface area contributed by atoms with Gasteiger partial charge in [0.05, 0.1) is 23.2 Å². The standard InChI is InChI=1S/C23H25N3O3/c1-2-29-20-10-7-6-9-18(20)25-22(27)16-12-13-17-19(15-16)24-21-11-5-3-4-8-14-26(21)23(17)28/h6-7,9-10,12-13,15H,2-5,8,11,14H2,1H3,(H,25,27). The number of fused-ring (bicyclic) bond motifs is 2. The maximum atomic E-state index is 12.9. The number of ether oxygens (including phenoxy) is 1. The molecule has 0 saturated carbocycles. The monoisotopic (exact) mass is 391 g/mol. The molecule has 2 aromatic carbocycles. The van der Waals surface area contributed by atoms with Gasteiger partial charge in [-0.3, -0.25) is 14.2 Å². The van der Waals surface area contributed by atoms with Crippen LogP contribution in [-0.2, 0) is 13.0 Å². The molecule has 4 rings (SSSR count). The molecule has 0 spiro atoms. The van der Waals surface area contributed by atoms with Gasteiger partial charge < -0.3 is 10.1 Å². The van der Waals surface area contributed by atoms with Gasteiger partial charge in [0.15, 0.2) is 0 Å². The van der Waals surface area contributed by atoms with Crippen LogP contribution in [0.3, 0.4) is 0 Å². The molecule has 0 atom stereocenters. The van der Waals surface area contributed by atoms with E-state index in [4.69, 9.17) is 9.72 Å². The fourth-order valence-corrected chi connectivity index (χ4v) is 3.78. The van der Waals surface area contributed by atoms with Crippen LogP contribution in [0.25, 0.3) is 10.9 Å². The Balaban J connectivity index is 1.67. The van der Waals surface area contributed by atoms with Crippen LogP contribution in [-0.4, -0.2) is 22.1 Å². The van der Waals surface area contributed by atoms with Gasteiger partial charge in [0.1, 0.15) is 11.6 Å². The van der Waals surface area contributed by atoms with Gasteiger partial charge in [-0.2, -0.15) is 0 Å². The minimum atomic E-state index is -0.257. The van der Waals surface area contributed by atoms with Crippen molar-refractivity contribution in [1.29, 1.82) is 0 Å². The molecule has 6 nitrogen and oxygen atoms in total. The number of nitrogens with one attached hydrogen (secondary N) is 1. The van der Waals surface area contributed by atoms with E-state index in [-0.39, 0.29) is 11.5 Å². The molecule has 1 N–H and O–H groups in total. The highest BCUT2D eigenvalue weighted by Gasteiger charge is 2.15. The molecular weight excluding hydrogens is 366 g/mol. The Kier molecular flexibility index (Phi) is 5.60. The van der Waals surface area contributed by atoms with Crippen LogP contribution in [0.5, 0.6) is 5.75 Å². The van der Waals surface area contributed by atoms with Gasteiger partial charge in [0.25, 0.3) is 11.5 Å². The van der Waals surface area contributed by atoms with Crippen LogP contribution < -0.4 is 15.6 Å². The van der Waals surface area contributed by atoms with E-state index in [1.807, 2.05) is 25.1 Å². The van der Waals surface area contributed by atoms with Gasteiger partial charge in [-0.05, 0) is 50.1 Å². The Labute approximate surface area is 169 Å². The average molecular weight is 391 g/mol. The van der Waals surface area contributed by atoms with Crippen molar-refractivity contribution in [2.75, 3.05) is 11.9 Å². The van der Waals surface area contributed by atoms with Gasteiger partial charge in [-0.25, -0.2) is 4.98 Å². The van der Waals surface area contributed by atoms with Gasteiger partial charge in [-0.15, -0.1) is 0 Å². The van der Waals surface area contributed by atoms with Gasteiger partial charge in [0.2, 0.25) is 0 Å². The lowest BCUT2D eigenvalue weighted by Crippen LogP contribution is -2.26. The molecule has 0 aliphatic carbocycles. The smallest absolute Gasteiger partial charge is 0.261 e. The van der Waals surface area contributed by atoms with E-state index in [0.717, 1.165) is 37.9 Å². The van der Waals surface area contributed by atoms with Gasteiger partial charge in [0, 0.05) is 18.5 Å². The number of anilines is 1. The summed E-state index contributed by atoms with van der Waals surface area (Å²) >= 11 is 0. The Morgan fingerprint density at radius 3 is 2.83 bits per heavy atom. The van der Waals surface area contributed by atoms with E-state index < -0.39 is 0 Å². The lowest BCUT2D eigenvalue weighted by molar-refractivity contribution is 0.102. The summed E-state index contributed by atoms with van der Waals surface area (Å²) in [4.78, 5) is 30.5. The SMILES string of the molecule is CCOc1ccccc1NC(=O)c1ccc2c(=O)n3c(nc2c1)CCCCCC3. The minimum absolute atomic E-state index is 0.0134. The van der Waals surface area contributed by atoms with Gasteiger partial charge >= 0.3 is 0 Å².